The molecule has 7 nitrogen and oxygen atoms in total. The van der Waals surface area contributed by atoms with Gasteiger partial charge in [0.25, 0.3) is 11.8 Å². The summed E-state index contributed by atoms with van der Waals surface area (Å²) in [6.07, 6.45) is 0.0444. The molecule has 0 saturated carbocycles. The molecule has 1 aliphatic rings. The molecule has 154 valence electrons. The van der Waals surface area contributed by atoms with Gasteiger partial charge in [-0.2, -0.15) is 4.39 Å². The van der Waals surface area contributed by atoms with E-state index in [9.17, 15) is 18.4 Å². The van der Waals surface area contributed by atoms with Gasteiger partial charge >= 0.3 is 0 Å². The monoisotopic (exact) mass is 405 g/mol. The lowest BCUT2D eigenvalue weighted by molar-refractivity contribution is -0.127. The summed E-state index contributed by atoms with van der Waals surface area (Å²) in [5, 5.41) is 2.66. The van der Waals surface area contributed by atoms with Gasteiger partial charge in [-0.3, -0.25) is 14.6 Å². The number of benzene rings is 1. The zero-order valence-electron chi connectivity index (χ0n) is 16.1. The number of carbonyl (C=O) groups excluding carboxylic acids is 2. The number of ether oxygens (including phenoxy) is 2. The van der Waals surface area contributed by atoms with Crippen molar-refractivity contribution in [3.63, 3.8) is 0 Å². The first-order chi connectivity index (χ1) is 13.7. The van der Waals surface area contributed by atoms with Crippen molar-refractivity contribution in [3.05, 3.63) is 53.4 Å². The molecular weight excluding hydrogens is 384 g/mol. The molecule has 1 aromatic carbocycles. The number of anilines is 1. The van der Waals surface area contributed by atoms with E-state index in [2.05, 4.69) is 10.3 Å². The van der Waals surface area contributed by atoms with Crippen LogP contribution in [0.15, 0.2) is 30.5 Å². The summed E-state index contributed by atoms with van der Waals surface area (Å²) in [5.41, 5.74) is 5.86. The summed E-state index contributed by atoms with van der Waals surface area (Å²) >= 11 is 0. The summed E-state index contributed by atoms with van der Waals surface area (Å²) in [6, 6.07) is 5.24. The van der Waals surface area contributed by atoms with Crippen LogP contribution < -0.4 is 15.8 Å². The van der Waals surface area contributed by atoms with Crippen molar-refractivity contribution < 1.29 is 27.8 Å². The van der Waals surface area contributed by atoms with Crippen LogP contribution in [0.25, 0.3) is 0 Å². The second kappa shape index (κ2) is 8.12. The minimum absolute atomic E-state index is 0.00398. The van der Waals surface area contributed by atoms with Crippen molar-refractivity contribution in [2.75, 3.05) is 12.4 Å². The Hall–Kier alpha value is -3.07. The summed E-state index contributed by atoms with van der Waals surface area (Å²) in [6.45, 7) is 3.66. The molecule has 0 radical (unpaired) electrons. The fourth-order valence-corrected chi connectivity index (χ4v) is 3.55. The first-order valence-corrected chi connectivity index (χ1v) is 8.98. The van der Waals surface area contributed by atoms with E-state index in [1.807, 2.05) is 6.92 Å². The Balaban J connectivity index is 1.94. The van der Waals surface area contributed by atoms with E-state index in [4.69, 9.17) is 15.2 Å². The zero-order valence-corrected chi connectivity index (χ0v) is 16.1. The molecule has 2 amide bonds. The Morgan fingerprint density at radius 3 is 2.62 bits per heavy atom. The van der Waals surface area contributed by atoms with E-state index in [0.29, 0.717) is 11.3 Å². The molecule has 0 spiro atoms. The first-order valence-electron chi connectivity index (χ1n) is 8.98. The molecule has 1 aliphatic heterocycles. The molecule has 0 aliphatic carbocycles. The van der Waals surface area contributed by atoms with Crippen LogP contribution in [0.5, 0.6) is 5.75 Å². The van der Waals surface area contributed by atoms with Crippen molar-refractivity contribution in [2.45, 2.75) is 32.0 Å². The number of nitrogens with one attached hydrogen (secondary N) is 1. The molecule has 0 bridgehead atoms. The van der Waals surface area contributed by atoms with Gasteiger partial charge in [-0.25, -0.2) is 4.39 Å². The van der Waals surface area contributed by atoms with Gasteiger partial charge < -0.3 is 20.5 Å². The van der Waals surface area contributed by atoms with Gasteiger partial charge in [-0.15, -0.1) is 0 Å². The van der Waals surface area contributed by atoms with E-state index in [1.54, 1.807) is 6.92 Å². The second-order valence-electron chi connectivity index (χ2n) is 6.91. The van der Waals surface area contributed by atoms with Crippen molar-refractivity contribution in [3.8, 4) is 5.75 Å². The van der Waals surface area contributed by atoms with Crippen LogP contribution in [-0.2, 0) is 9.53 Å². The molecule has 4 atom stereocenters. The van der Waals surface area contributed by atoms with Gasteiger partial charge in [-0.05, 0) is 31.0 Å². The van der Waals surface area contributed by atoms with E-state index < -0.39 is 35.5 Å². The lowest BCUT2D eigenvalue weighted by Crippen LogP contribution is -2.33. The Labute approximate surface area is 166 Å². The van der Waals surface area contributed by atoms with Gasteiger partial charge in [0, 0.05) is 23.4 Å². The van der Waals surface area contributed by atoms with Crippen LogP contribution in [0.4, 0.5) is 14.5 Å². The predicted molar refractivity (Wildman–Crippen MR) is 101 cm³/mol. The fourth-order valence-electron chi connectivity index (χ4n) is 3.55. The average Bonchev–Trinajstić information content (AvgIpc) is 2.99. The fraction of sp³-hybridized carbons (Fsp3) is 0.350. The number of halogens is 2. The lowest BCUT2D eigenvalue weighted by Gasteiger charge is -2.23. The third-order valence-corrected chi connectivity index (χ3v) is 5.18. The minimum atomic E-state index is -1.11. The quantitative estimate of drug-likeness (QED) is 0.796. The molecule has 1 aromatic heterocycles. The normalized spacial score (nSPS) is 23.6. The van der Waals surface area contributed by atoms with Crippen molar-refractivity contribution >= 4 is 17.5 Å². The summed E-state index contributed by atoms with van der Waals surface area (Å²) in [7, 11) is 1.24. The Kier molecular flexibility index (Phi) is 5.78. The number of nitrogens with two attached hydrogens (primary N) is 1. The Morgan fingerprint density at radius 2 is 1.97 bits per heavy atom. The van der Waals surface area contributed by atoms with E-state index in [-0.39, 0.29) is 23.5 Å². The minimum Gasteiger partial charge on any atom is -0.493 e. The standard InChI is InChI=1S/C20H21F2N3O4/c1-9-10(2)29-18(15(9)12-4-5-13(21)16(22)17(12)28-3)20(27)25-11-6-7-24-14(8-11)19(23)26/h4-10,15,18H,1-3H3,(H2,23,26)(H,24,25,27)/t9-,10-,15+,18+/m1/s1. The number of hydrogen-bond acceptors (Lipinski definition) is 5. The van der Waals surface area contributed by atoms with Gasteiger partial charge in [0.05, 0.1) is 13.2 Å². The number of primary amides is 1. The molecule has 0 unspecified atom stereocenters. The van der Waals surface area contributed by atoms with Gasteiger partial charge in [0.15, 0.2) is 11.6 Å². The highest BCUT2D eigenvalue weighted by molar-refractivity contribution is 5.97. The summed E-state index contributed by atoms with van der Waals surface area (Å²) in [4.78, 5) is 28.1. The van der Waals surface area contributed by atoms with Gasteiger partial charge in [0.1, 0.15) is 11.8 Å². The highest BCUT2D eigenvalue weighted by Crippen LogP contribution is 2.44. The maximum atomic E-state index is 14.2. The second-order valence-corrected chi connectivity index (χ2v) is 6.91. The van der Waals surface area contributed by atoms with Crippen LogP contribution in [0.3, 0.4) is 0 Å². The SMILES string of the molecule is COc1c([C@@H]2[C@H](C)[C@@H](C)O[C@@H]2C(=O)Nc2ccnc(C(N)=O)c2)ccc(F)c1F. The van der Waals surface area contributed by atoms with Crippen LogP contribution in [0.1, 0.15) is 35.8 Å². The molecule has 9 heteroatoms. The largest absolute Gasteiger partial charge is 0.493 e. The lowest BCUT2D eigenvalue weighted by atomic mass is 9.82. The van der Waals surface area contributed by atoms with Crippen LogP contribution in [0.2, 0.25) is 0 Å². The predicted octanol–water partition coefficient (Wildman–Crippen LogP) is 2.61. The van der Waals surface area contributed by atoms with Gasteiger partial charge in [0.2, 0.25) is 5.82 Å². The number of rotatable bonds is 5. The molecule has 1 saturated heterocycles. The van der Waals surface area contributed by atoms with Crippen LogP contribution >= 0.6 is 0 Å². The molecule has 1 fully saturated rings. The zero-order chi connectivity index (χ0) is 21.3. The number of pyridine rings is 1. The van der Waals surface area contributed by atoms with E-state index >= 15 is 0 Å². The first kappa shape index (κ1) is 20.7. The molecular formula is C20H21F2N3O4. The van der Waals surface area contributed by atoms with Crippen molar-refractivity contribution in [2.24, 2.45) is 11.7 Å². The van der Waals surface area contributed by atoms with Crippen LogP contribution in [0, 0.1) is 17.6 Å². The number of carbonyl (C=O) groups is 2. The highest BCUT2D eigenvalue weighted by atomic mass is 19.2. The molecule has 3 N–H and O–H groups in total. The smallest absolute Gasteiger partial charge is 0.267 e. The molecule has 29 heavy (non-hydrogen) atoms. The Bertz CT molecular complexity index is 953. The van der Waals surface area contributed by atoms with Crippen molar-refractivity contribution in [1.82, 2.24) is 4.98 Å². The topological polar surface area (TPSA) is 104 Å². The van der Waals surface area contributed by atoms with Crippen molar-refractivity contribution in [1.29, 1.82) is 0 Å². The number of nitrogens with zero attached hydrogens (tertiary/aromatic N) is 1. The van der Waals surface area contributed by atoms with Crippen LogP contribution in [-0.4, -0.2) is 36.1 Å². The third kappa shape index (κ3) is 3.91. The maximum Gasteiger partial charge on any atom is 0.267 e. The number of aromatic nitrogens is 1. The number of methoxy groups -OCH3 is 1. The molecule has 2 heterocycles. The number of hydrogen-bond donors (Lipinski definition) is 2. The molecule has 3 rings (SSSR count). The maximum absolute atomic E-state index is 14.2. The van der Waals surface area contributed by atoms with E-state index in [1.165, 1.54) is 31.5 Å². The Morgan fingerprint density at radius 1 is 1.24 bits per heavy atom. The average molecular weight is 405 g/mol. The van der Waals surface area contributed by atoms with E-state index in [0.717, 1.165) is 6.07 Å². The summed E-state index contributed by atoms with van der Waals surface area (Å²) in [5.74, 6) is -4.39. The van der Waals surface area contributed by atoms with Gasteiger partial charge in [-0.1, -0.05) is 13.0 Å². The third-order valence-electron chi connectivity index (χ3n) is 5.18. The summed E-state index contributed by atoms with van der Waals surface area (Å²) < 4.78 is 38.8. The highest BCUT2D eigenvalue weighted by Gasteiger charge is 2.46. The molecule has 2 aromatic rings. The number of amides is 2.